The summed E-state index contributed by atoms with van der Waals surface area (Å²) in [6.07, 6.45) is -0.743. The zero-order valence-corrected chi connectivity index (χ0v) is 16.6. The number of benzene rings is 2. The lowest BCUT2D eigenvalue weighted by Crippen LogP contribution is -2.41. The molecule has 0 bridgehead atoms. The Labute approximate surface area is 167 Å². The molecule has 0 fully saturated rings. The number of aliphatic hydroxyl groups is 1. The third-order valence-corrected chi connectivity index (χ3v) is 4.40. The fraction of sp³-hybridized carbons (Fsp3) is 0.381. The molecule has 5 nitrogen and oxygen atoms in total. The molecule has 0 saturated carbocycles. The molecule has 0 heterocycles. The minimum Gasteiger partial charge on any atom is -0.389 e. The van der Waals surface area contributed by atoms with Gasteiger partial charge in [-0.3, -0.25) is 4.79 Å². The fourth-order valence-electron chi connectivity index (χ4n) is 2.81. The maximum absolute atomic E-state index is 12.6. The van der Waals surface area contributed by atoms with E-state index in [1.165, 1.54) is 4.90 Å². The highest BCUT2D eigenvalue weighted by Crippen LogP contribution is 2.20. The third kappa shape index (κ3) is 7.31. The first-order valence-electron chi connectivity index (χ1n) is 8.84. The van der Waals surface area contributed by atoms with Crippen LogP contribution in [-0.4, -0.2) is 42.2 Å². The summed E-state index contributed by atoms with van der Waals surface area (Å²) in [5.74, 6) is -0.469. The molecule has 2 aromatic carbocycles. The predicted octanol–water partition coefficient (Wildman–Crippen LogP) is 2.78. The van der Waals surface area contributed by atoms with E-state index in [2.05, 4.69) is 0 Å². The number of rotatable bonds is 9. The number of halogens is 1. The number of amides is 1. The molecule has 2 rings (SSSR count). The van der Waals surface area contributed by atoms with Crippen LogP contribution in [0, 0.1) is 5.92 Å². The lowest BCUT2D eigenvalue weighted by Gasteiger charge is -2.27. The normalized spacial score (nSPS) is 13.9. The van der Waals surface area contributed by atoms with E-state index in [0.717, 1.165) is 11.1 Å². The first-order chi connectivity index (χ1) is 12.5. The molecule has 0 spiro atoms. The van der Waals surface area contributed by atoms with Crippen LogP contribution in [-0.2, 0) is 16.1 Å². The Morgan fingerprint density at radius 3 is 2.26 bits per heavy atom. The van der Waals surface area contributed by atoms with Gasteiger partial charge in [0.1, 0.15) is 0 Å². The van der Waals surface area contributed by atoms with Crippen molar-refractivity contribution < 1.29 is 14.6 Å². The van der Waals surface area contributed by atoms with Crippen molar-refractivity contribution in [2.45, 2.75) is 25.7 Å². The van der Waals surface area contributed by atoms with Gasteiger partial charge < -0.3 is 20.5 Å². The number of hydrogen-bond donors (Lipinski definition) is 2. The quantitative estimate of drug-likeness (QED) is 0.688. The van der Waals surface area contributed by atoms with Gasteiger partial charge in [-0.05, 0) is 11.1 Å². The van der Waals surface area contributed by atoms with Gasteiger partial charge >= 0.3 is 0 Å². The third-order valence-electron chi connectivity index (χ3n) is 4.40. The molecule has 27 heavy (non-hydrogen) atoms. The van der Waals surface area contributed by atoms with Crippen molar-refractivity contribution in [3.05, 3.63) is 71.8 Å². The van der Waals surface area contributed by atoms with Crippen molar-refractivity contribution >= 4 is 18.3 Å². The van der Waals surface area contributed by atoms with Gasteiger partial charge in [0.05, 0.1) is 25.2 Å². The molecule has 3 unspecified atom stereocenters. The topological polar surface area (TPSA) is 75.8 Å². The van der Waals surface area contributed by atoms with Gasteiger partial charge in [-0.25, -0.2) is 0 Å². The van der Waals surface area contributed by atoms with Gasteiger partial charge in [-0.1, -0.05) is 67.6 Å². The van der Waals surface area contributed by atoms with Crippen molar-refractivity contribution in [2.75, 3.05) is 20.2 Å². The van der Waals surface area contributed by atoms with Crippen molar-refractivity contribution in [1.29, 1.82) is 0 Å². The first kappa shape index (κ1) is 23.1. The Kier molecular flexibility index (Phi) is 10.0. The predicted molar refractivity (Wildman–Crippen MR) is 110 cm³/mol. The maximum Gasteiger partial charge on any atom is 0.227 e. The molecule has 0 aromatic heterocycles. The summed E-state index contributed by atoms with van der Waals surface area (Å²) in [6.45, 7) is 2.63. The molecule has 0 aliphatic heterocycles. The number of hydrogen-bond acceptors (Lipinski definition) is 4. The molecule has 0 radical (unpaired) electrons. The summed E-state index contributed by atoms with van der Waals surface area (Å²) < 4.78 is 5.53. The van der Waals surface area contributed by atoms with Crippen molar-refractivity contribution in [3.63, 3.8) is 0 Å². The summed E-state index contributed by atoms with van der Waals surface area (Å²) in [5.41, 5.74) is 8.19. The monoisotopic (exact) mass is 392 g/mol. The molecule has 2 aromatic rings. The van der Waals surface area contributed by atoms with E-state index in [-0.39, 0.29) is 43.4 Å². The minimum absolute atomic E-state index is 0. The second-order valence-electron chi connectivity index (χ2n) is 6.60. The van der Waals surface area contributed by atoms with Crippen molar-refractivity contribution in [3.8, 4) is 0 Å². The lowest BCUT2D eigenvalue weighted by atomic mass is 9.94. The van der Waals surface area contributed by atoms with Gasteiger partial charge in [0.15, 0.2) is 0 Å². The molecule has 6 heteroatoms. The average molecular weight is 393 g/mol. The van der Waals surface area contributed by atoms with Crippen LogP contribution in [0.5, 0.6) is 0 Å². The maximum atomic E-state index is 12.6. The van der Waals surface area contributed by atoms with Crippen LogP contribution in [0.2, 0.25) is 0 Å². The SMILES string of the molecule is CC(C(=O)N(C)CC(O)COCc1ccccc1)C(N)c1ccccc1.Cl. The number of likely N-dealkylation sites (N-methyl/N-ethyl adjacent to an activating group) is 1. The first-order valence-corrected chi connectivity index (χ1v) is 8.84. The summed E-state index contributed by atoms with van der Waals surface area (Å²) in [4.78, 5) is 14.1. The van der Waals surface area contributed by atoms with Crippen LogP contribution in [0.15, 0.2) is 60.7 Å². The Morgan fingerprint density at radius 2 is 1.67 bits per heavy atom. The zero-order chi connectivity index (χ0) is 18.9. The van der Waals surface area contributed by atoms with E-state index in [1.807, 2.05) is 67.6 Å². The Bertz CT molecular complexity index is 670. The largest absolute Gasteiger partial charge is 0.389 e. The smallest absolute Gasteiger partial charge is 0.227 e. The van der Waals surface area contributed by atoms with Crippen LogP contribution < -0.4 is 5.73 Å². The Balaban J connectivity index is 0.00000364. The highest BCUT2D eigenvalue weighted by Gasteiger charge is 2.25. The number of nitrogens with zero attached hydrogens (tertiary/aromatic N) is 1. The van der Waals surface area contributed by atoms with Crippen molar-refractivity contribution in [2.24, 2.45) is 11.7 Å². The van der Waals surface area contributed by atoms with Crippen LogP contribution in [0.3, 0.4) is 0 Å². The molecule has 1 amide bonds. The number of ether oxygens (including phenoxy) is 1. The number of carbonyl (C=O) groups is 1. The molecule has 3 N–H and O–H groups in total. The molecule has 148 valence electrons. The lowest BCUT2D eigenvalue weighted by molar-refractivity contribution is -0.136. The standard InChI is InChI=1S/C21H28N2O3.ClH/c1-16(20(22)18-11-7-4-8-12-18)21(25)23(2)13-19(24)15-26-14-17-9-5-3-6-10-17;/h3-12,16,19-20,24H,13-15,22H2,1-2H3;1H. The Morgan fingerprint density at radius 1 is 1.11 bits per heavy atom. The van der Waals surface area contributed by atoms with Crippen LogP contribution in [0.25, 0.3) is 0 Å². The minimum atomic E-state index is -0.743. The fourth-order valence-corrected chi connectivity index (χ4v) is 2.81. The second kappa shape index (κ2) is 11.7. The summed E-state index contributed by atoms with van der Waals surface area (Å²) >= 11 is 0. The van der Waals surface area contributed by atoms with Gasteiger partial charge in [-0.15, -0.1) is 12.4 Å². The molecular weight excluding hydrogens is 364 g/mol. The average Bonchev–Trinajstić information content (AvgIpc) is 2.67. The van der Waals surface area contributed by atoms with Crippen LogP contribution in [0.4, 0.5) is 0 Å². The molecule has 0 aliphatic carbocycles. The van der Waals surface area contributed by atoms with Gasteiger partial charge in [0.25, 0.3) is 0 Å². The number of nitrogens with two attached hydrogens (primary N) is 1. The number of carbonyl (C=O) groups excluding carboxylic acids is 1. The van der Waals surface area contributed by atoms with Crippen molar-refractivity contribution in [1.82, 2.24) is 4.90 Å². The molecule has 0 saturated heterocycles. The highest BCUT2D eigenvalue weighted by atomic mass is 35.5. The molecular formula is C21H29ClN2O3. The van der Waals surface area contributed by atoms with E-state index in [0.29, 0.717) is 6.61 Å². The van der Waals surface area contributed by atoms with Crippen LogP contribution in [0.1, 0.15) is 24.1 Å². The molecule has 3 atom stereocenters. The highest BCUT2D eigenvalue weighted by molar-refractivity contribution is 5.85. The molecule has 0 aliphatic rings. The van der Waals surface area contributed by atoms with Gasteiger partial charge in [0, 0.05) is 19.6 Å². The number of aliphatic hydroxyl groups excluding tert-OH is 1. The van der Waals surface area contributed by atoms with E-state index >= 15 is 0 Å². The van der Waals surface area contributed by atoms with Gasteiger partial charge in [-0.2, -0.15) is 0 Å². The summed E-state index contributed by atoms with van der Waals surface area (Å²) in [5, 5.41) is 10.1. The van der Waals surface area contributed by atoms with E-state index in [9.17, 15) is 9.90 Å². The summed E-state index contributed by atoms with van der Waals surface area (Å²) in [6, 6.07) is 19.0. The van der Waals surface area contributed by atoms with E-state index in [1.54, 1.807) is 7.05 Å². The zero-order valence-electron chi connectivity index (χ0n) is 15.8. The van der Waals surface area contributed by atoms with E-state index < -0.39 is 6.10 Å². The van der Waals surface area contributed by atoms with E-state index in [4.69, 9.17) is 10.5 Å². The van der Waals surface area contributed by atoms with Crippen LogP contribution >= 0.6 is 12.4 Å². The van der Waals surface area contributed by atoms with Gasteiger partial charge in [0.2, 0.25) is 5.91 Å². The Hall–Kier alpha value is -1.92. The summed E-state index contributed by atoms with van der Waals surface area (Å²) in [7, 11) is 1.68. The second-order valence-corrected chi connectivity index (χ2v) is 6.60.